The van der Waals surface area contributed by atoms with Crippen LogP contribution in [-0.4, -0.2) is 38.1 Å². The minimum Gasteiger partial charge on any atom is -0.464 e. The Bertz CT molecular complexity index is 1840. The summed E-state index contributed by atoms with van der Waals surface area (Å²) in [5.41, 5.74) is 5.64. The zero-order valence-electron chi connectivity index (χ0n) is 23.0. The van der Waals surface area contributed by atoms with Crippen molar-refractivity contribution in [1.82, 2.24) is 25.3 Å². The Balaban J connectivity index is 1.63. The van der Waals surface area contributed by atoms with E-state index in [-0.39, 0.29) is 49.7 Å². The molecule has 10 nitrogen and oxygen atoms in total. The van der Waals surface area contributed by atoms with Crippen molar-refractivity contribution >= 4 is 34.8 Å². The Hall–Kier alpha value is -4.49. The fourth-order valence-corrected chi connectivity index (χ4v) is 5.26. The summed E-state index contributed by atoms with van der Waals surface area (Å²) in [5, 5.41) is 10.0. The molecule has 1 aliphatic heterocycles. The number of nitrogens with one attached hydrogen (secondary N) is 1. The zero-order valence-corrected chi connectivity index (χ0v) is 24.5. The number of amides is 1. The lowest BCUT2D eigenvalue weighted by atomic mass is 9.88. The number of hydrogen-bond donors (Lipinski definition) is 2. The molecule has 3 aromatic heterocycles. The first kappa shape index (κ1) is 31.0. The van der Waals surface area contributed by atoms with Crippen LogP contribution in [0.1, 0.15) is 48.9 Å². The molecule has 1 aromatic carbocycles. The third kappa shape index (κ3) is 6.38. The predicted molar refractivity (Wildman–Crippen MR) is 157 cm³/mol. The van der Waals surface area contributed by atoms with E-state index >= 15 is 4.39 Å². The lowest BCUT2D eigenvalue weighted by Crippen LogP contribution is -2.33. The number of nitrogens with two attached hydrogens (primary N) is 1. The van der Waals surface area contributed by atoms with E-state index in [9.17, 15) is 18.4 Å². The van der Waals surface area contributed by atoms with Crippen LogP contribution in [0.15, 0.2) is 75.1 Å². The summed E-state index contributed by atoms with van der Waals surface area (Å²) in [6, 6.07) is 6.86. The molecule has 0 saturated heterocycles. The van der Waals surface area contributed by atoms with E-state index in [4.69, 9.17) is 33.4 Å². The van der Waals surface area contributed by atoms with Gasteiger partial charge in [0.05, 0.1) is 40.1 Å². The van der Waals surface area contributed by atoms with E-state index < -0.39 is 35.5 Å². The number of halogens is 5. The number of rotatable bonds is 4. The highest BCUT2D eigenvalue weighted by Crippen LogP contribution is 2.35. The highest BCUT2D eigenvalue weighted by atomic mass is 35.5. The van der Waals surface area contributed by atoms with Crippen LogP contribution in [0.25, 0.3) is 17.0 Å². The summed E-state index contributed by atoms with van der Waals surface area (Å²) in [4.78, 5) is 34.3. The molecule has 4 heterocycles. The molecule has 0 radical (unpaired) electrons. The van der Waals surface area contributed by atoms with Crippen LogP contribution in [-0.2, 0) is 4.79 Å². The average molecular weight is 646 g/mol. The van der Waals surface area contributed by atoms with Gasteiger partial charge >= 0.3 is 6.55 Å². The number of aliphatic imine (C=N–C) groups is 1. The molecular weight excluding hydrogens is 622 g/mol. The number of allylic oxidation sites excluding steroid dienone is 1. The average Bonchev–Trinajstić information content (AvgIpc) is 3.43. The van der Waals surface area contributed by atoms with Crippen molar-refractivity contribution in [2.24, 2.45) is 16.6 Å². The molecule has 1 amide bonds. The number of hydrogen-bond acceptors (Lipinski definition) is 8. The van der Waals surface area contributed by atoms with Crippen molar-refractivity contribution in [3.8, 4) is 17.0 Å². The first-order valence-electron chi connectivity index (χ1n) is 13.3. The Kier molecular flexibility index (Phi) is 9.16. The van der Waals surface area contributed by atoms with Gasteiger partial charge < -0.3 is 15.5 Å². The minimum atomic E-state index is -3.10. The first-order chi connectivity index (χ1) is 21.1. The highest BCUT2D eigenvalue weighted by molar-refractivity contribution is 6.31. The summed E-state index contributed by atoms with van der Waals surface area (Å²) in [5.74, 6) is -2.60. The largest absolute Gasteiger partial charge is 0.464 e. The molecule has 4 aromatic rings. The maximum atomic E-state index is 15.4. The van der Waals surface area contributed by atoms with Gasteiger partial charge in [0.1, 0.15) is 5.76 Å². The molecule has 1 aliphatic rings. The van der Waals surface area contributed by atoms with Gasteiger partial charge in [0.25, 0.3) is 0 Å². The van der Waals surface area contributed by atoms with Gasteiger partial charge in [-0.3, -0.25) is 14.6 Å². The zero-order chi connectivity index (χ0) is 31.5. The van der Waals surface area contributed by atoms with E-state index in [0.717, 1.165) is 12.3 Å². The molecule has 0 fully saturated rings. The number of fused-ring (bicyclic) bond motifs is 2. The summed E-state index contributed by atoms with van der Waals surface area (Å²) >= 11 is 12.0. The fourth-order valence-electron chi connectivity index (χ4n) is 4.97. The quantitative estimate of drug-likeness (QED) is 0.275. The van der Waals surface area contributed by atoms with Gasteiger partial charge in [-0.25, -0.2) is 14.1 Å². The van der Waals surface area contributed by atoms with Crippen molar-refractivity contribution in [2.75, 3.05) is 0 Å². The van der Waals surface area contributed by atoms with E-state index in [2.05, 4.69) is 25.6 Å². The second-order valence-electron chi connectivity index (χ2n) is 9.98. The standard InChI is InChI=1S/C29H24Cl2F3N7O3/c1-14-3-2-4-16(19-9-15(7-8-36-19)27(38-29(33)34)20(11-35)37-28(14)43)17-13-44-23(10-22(17)42)25-21(6-5-18(30)26(25)32)41-12-24(31)39-40-41/h5-14,16,29H,2-4,35H2,1H3,(H,37,43). The summed E-state index contributed by atoms with van der Waals surface area (Å²) in [6.07, 6.45) is 6.19. The lowest BCUT2D eigenvalue weighted by molar-refractivity contribution is -0.123. The molecular formula is C29H24Cl2F3N7O3. The highest BCUT2D eigenvalue weighted by Gasteiger charge is 2.27. The Labute approximate surface area is 258 Å². The molecule has 5 rings (SSSR count). The van der Waals surface area contributed by atoms with E-state index in [1.54, 1.807) is 6.92 Å². The summed E-state index contributed by atoms with van der Waals surface area (Å²) in [6.45, 7) is -1.41. The maximum Gasteiger partial charge on any atom is 0.332 e. The van der Waals surface area contributed by atoms with Crippen molar-refractivity contribution in [3.63, 3.8) is 0 Å². The van der Waals surface area contributed by atoms with Gasteiger partial charge in [-0.1, -0.05) is 41.8 Å². The van der Waals surface area contributed by atoms with Crippen LogP contribution >= 0.6 is 23.2 Å². The van der Waals surface area contributed by atoms with Gasteiger partial charge in [0.15, 0.2) is 16.4 Å². The number of carbonyl (C=O) groups excluding carboxylic acids is 1. The minimum absolute atomic E-state index is 0.0583. The van der Waals surface area contributed by atoms with E-state index in [1.165, 1.54) is 47.6 Å². The van der Waals surface area contributed by atoms with Crippen LogP contribution in [0.3, 0.4) is 0 Å². The third-order valence-corrected chi connectivity index (χ3v) is 7.63. The number of carbonyl (C=O) groups is 1. The Morgan fingerprint density at radius 1 is 1.20 bits per heavy atom. The van der Waals surface area contributed by atoms with Gasteiger partial charge in [-0.15, -0.1) is 5.10 Å². The van der Waals surface area contributed by atoms with Gasteiger partial charge in [-0.05, 0) is 37.1 Å². The normalized spacial score (nSPS) is 19.6. The molecule has 44 heavy (non-hydrogen) atoms. The third-order valence-electron chi connectivity index (χ3n) is 7.16. The number of benzene rings is 1. The smallest absolute Gasteiger partial charge is 0.332 e. The molecule has 2 unspecified atom stereocenters. The van der Waals surface area contributed by atoms with E-state index in [1.807, 2.05) is 0 Å². The molecule has 0 aliphatic carbocycles. The number of pyridine rings is 1. The maximum absolute atomic E-state index is 15.4. The molecule has 2 bridgehead atoms. The Morgan fingerprint density at radius 3 is 2.68 bits per heavy atom. The number of nitrogens with zero attached hydrogens (tertiary/aromatic N) is 5. The second-order valence-corrected chi connectivity index (χ2v) is 10.8. The SMILES string of the molecule is CC1CCCC(c2coc(-c3c(-n4cc(Cl)nn4)ccc(Cl)c3F)cc2=O)c2cc(ccn2)C(=NC(F)F)C(=CN)NC1=O. The van der Waals surface area contributed by atoms with Gasteiger partial charge in [0.2, 0.25) is 5.91 Å². The predicted octanol–water partition coefficient (Wildman–Crippen LogP) is 5.61. The van der Waals surface area contributed by atoms with Gasteiger partial charge in [0, 0.05) is 47.1 Å². The molecule has 2 atom stereocenters. The van der Waals surface area contributed by atoms with Crippen LogP contribution in [0.4, 0.5) is 13.2 Å². The number of alkyl halides is 2. The molecule has 0 saturated carbocycles. The molecule has 15 heteroatoms. The molecule has 0 spiro atoms. The second kappa shape index (κ2) is 13.0. The van der Waals surface area contributed by atoms with Crippen molar-refractivity contribution in [3.05, 3.63) is 104 Å². The van der Waals surface area contributed by atoms with Crippen molar-refractivity contribution in [1.29, 1.82) is 0 Å². The Morgan fingerprint density at radius 2 is 2.00 bits per heavy atom. The molecule has 228 valence electrons. The van der Waals surface area contributed by atoms with E-state index in [0.29, 0.717) is 25.0 Å². The van der Waals surface area contributed by atoms with Crippen LogP contribution in [0, 0.1) is 11.7 Å². The monoisotopic (exact) mass is 645 g/mol. The van der Waals surface area contributed by atoms with Gasteiger partial charge in [-0.2, -0.15) is 8.78 Å². The fraction of sp³-hybridized carbons (Fsp3) is 0.241. The first-order valence-corrected chi connectivity index (χ1v) is 14.1. The summed E-state index contributed by atoms with van der Waals surface area (Å²) in [7, 11) is 0. The lowest BCUT2D eigenvalue weighted by Gasteiger charge is -2.21. The number of aromatic nitrogens is 4. The summed E-state index contributed by atoms with van der Waals surface area (Å²) < 4.78 is 49.4. The van der Waals surface area contributed by atoms with Crippen molar-refractivity contribution < 1.29 is 22.4 Å². The van der Waals surface area contributed by atoms with Crippen LogP contribution in [0.2, 0.25) is 10.2 Å². The van der Waals surface area contributed by atoms with Crippen LogP contribution in [0.5, 0.6) is 0 Å². The van der Waals surface area contributed by atoms with Crippen molar-refractivity contribution in [2.45, 2.75) is 38.7 Å². The molecule has 3 N–H and O–H groups in total. The van der Waals surface area contributed by atoms with Crippen LogP contribution < -0.4 is 16.5 Å². The topological polar surface area (TPSA) is 141 Å².